The summed E-state index contributed by atoms with van der Waals surface area (Å²) in [4.78, 5) is 7.73. The first kappa shape index (κ1) is 19.0. The van der Waals surface area contributed by atoms with Gasteiger partial charge >= 0.3 is 0 Å². The molecule has 1 aliphatic heterocycles. The van der Waals surface area contributed by atoms with Gasteiger partial charge in [0.15, 0.2) is 0 Å². The summed E-state index contributed by atoms with van der Waals surface area (Å²) in [6.45, 7) is 5.47. The van der Waals surface area contributed by atoms with Gasteiger partial charge in [0.1, 0.15) is 5.65 Å². The molecule has 0 amide bonds. The van der Waals surface area contributed by atoms with E-state index in [0.29, 0.717) is 0 Å². The number of aromatic nitrogens is 2. The van der Waals surface area contributed by atoms with Gasteiger partial charge < -0.3 is 4.40 Å². The molecule has 0 bridgehead atoms. The van der Waals surface area contributed by atoms with Crippen molar-refractivity contribution in [3.05, 3.63) is 72.1 Å². The molecule has 3 nitrogen and oxygen atoms in total. The minimum absolute atomic E-state index is 0. The number of pyridine rings is 1. The van der Waals surface area contributed by atoms with Gasteiger partial charge in [-0.05, 0) is 44.3 Å². The largest absolute Gasteiger partial charge is 0.302 e. The fourth-order valence-corrected chi connectivity index (χ4v) is 4.24. The minimum Gasteiger partial charge on any atom is -0.302 e. The number of likely N-dealkylation sites (tertiary alicyclic amines) is 1. The van der Waals surface area contributed by atoms with Crippen LogP contribution in [0.25, 0.3) is 27.7 Å². The van der Waals surface area contributed by atoms with Gasteiger partial charge in [0.25, 0.3) is 0 Å². The highest BCUT2D eigenvalue weighted by Crippen LogP contribution is 2.30. The first-order valence-electron chi connectivity index (χ1n) is 9.98. The molecule has 1 fully saturated rings. The van der Waals surface area contributed by atoms with Crippen molar-refractivity contribution in [2.45, 2.75) is 32.7 Å². The second-order valence-electron chi connectivity index (χ2n) is 7.71. The molecule has 4 aromatic rings. The van der Waals surface area contributed by atoms with Crippen LogP contribution in [-0.4, -0.2) is 27.4 Å². The number of fused-ring (bicyclic) bond motifs is 3. The Kier molecular flexibility index (Phi) is 5.38. The number of piperidine rings is 1. The molecule has 1 aliphatic rings. The molecule has 0 spiro atoms. The van der Waals surface area contributed by atoms with Crippen molar-refractivity contribution in [2.75, 3.05) is 13.1 Å². The van der Waals surface area contributed by atoms with Crippen LogP contribution < -0.4 is 0 Å². The van der Waals surface area contributed by atoms with Gasteiger partial charge in [0.05, 0.1) is 11.4 Å². The van der Waals surface area contributed by atoms with E-state index < -0.39 is 0 Å². The number of benzene rings is 2. The minimum atomic E-state index is 0. The average Bonchev–Trinajstić information content (AvgIpc) is 3.08. The van der Waals surface area contributed by atoms with Crippen LogP contribution in [-0.2, 0) is 6.54 Å². The third-order valence-electron chi connectivity index (χ3n) is 5.76. The summed E-state index contributed by atoms with van der Waals surface area (Å²) in [5.74, 6) is 0. The van der Waals surface area contributed by atoms with Crippen LogP contribution in [0.2, 0.25) is 0 Å². The van der Waals surface area contributed by atoms with E-state index >= 15 is 0 Å². The van der Waals surface area contributed by atoms with E-state index in [1.165, 1.54) is 59.9 Å². The molecule has 3 heterocycles. The van der Waals surface area contributed by atoms with Crippen LogP contribution in [0.15, 0.2) is 60.8 Å². The molecular formula is C24H26ClN3. The zero-order valence-corrected chi connectivity index (χ0v) is 17.1. The predicted molar refractivity (Wildman–Crippen MR) is 119 cm³/mol. The number of aryl methyl sites for hydroxylation is 1. The van der Waals surface area contributed by atoms with E-state index in [1.807, 2.05) is 0 Å². The third-order valence-corrected chi connectivity index (χ3v) is 5.76. The molecule has 0 atom stereocenters. The molecule has 2 aromatic carbocycles. The van der Waals surface area contributed by atoms with Gasteiger partial charge in [-0.25, -0.2) is 4.98 Å². The zero-order chi connectivity index (χ0) is 18.2. The summed E-state index contributed by atoms with van der Waals surface area (Å²) in [5, 5.41) is 2.47. The van der Waals surface area contributed by atoms with Crippen LogP contribution in [0.1, 0.15) is 30.5 Å². The Morgan fingerprint density at radius 1 is 0.893 bits per heavy atom. The van der Waals surface area contributed by atoms with E-state index in [0.717, 1.165) is 17.9 Å². The van der Waals surface area contributed by atoms with Gasteiger partial charge in [-0.1, -0.05) is 60.5 Å². The van der Waals surface area contributed by atoms with E-state index in [4.69, 9.17) is 4.98 Å². The van der Waals surface area contributed by atoms with Crippen molar-refractivity contribution in [3.8, 4) is 11.3 Å². The maximum Gasteiger partial charge on any atom is 0.145 e. The summed E-state index contributed by atoms with van der Waals surface area (Å²) in [6.07, 6.45) is 6.17. The second-order valence-corrected chi connectivity index (χ2v) is 7.71. The third kappa shape index (κ3) is 3.41. The highest BCUT2D eigenvalue weighted by Gasteiger charge is 2.19. The lowest BCUT2D eigenvalue weighted by Gasteiger charge is -2.26. The number of rotatable bonds is 3. The number of hydrogen-bond donors (Lipinski definition) is 0. The van der Waals surface area contributed by atoms with Gasteiger partial charge in [0.2, 0.25) is 0 Å². The highest BCUT2D eigenvalue weighted by atomic mass is 35.5. The van der Waals surface area contributed by atoms with Crippen molar-refractivity contribution >= 4 is 28.8 Å². The lowest BCUT2D eigenvalue weighted by molar-refractivity contribution is 0.218. The number of hydrogen-bond acceptors (Lipinski definition) is 2. The summed E-state index contributed by atoms with van der Waals surface area (Å²) >= 11 is 0. The Balaban J connectivity index is 0.00000192. The fraction of sp³-hybridized carbons (Fsp3) is 0.292. The van der Waals surface area contributed by atoms with Gasteiger partial charge in [-0.2, -0.15) is 0 Å². The molecule has 0 unspecified atom stereocenters. The number of imidazole rings is 1. The van der Waals surface area contributed by atoms with Crippen LogP contribution in [0.4, 0.5) is 0 Å². The lowest BCUT2D eigenvalue weighted by atomic mass is 10.1. The Morgan fingerprint density at radius 3 is 2.43 bits per heavy atom. The first-order chi connectivity index (χ1) is 13.3. The SMILES string of the molecule is Cc1ccc(-c2nc3c4ccccc4ccn3c2CN2CCCCC2)cc1.Cl. The zero-order valence-electron chi connectivity index (χ0n) is 16.3. The average molecular weight is 392 g/mol. The van der Waals surface area contributed by atoms with Gasteiger partial charge in [-0.15, -0.1) is 12.4 Å². The molecule has 2 aromatic heterocycles. The highest BCUT2D eigenvalue weighted by molar-refractivity contribution is 5.95. The van der Waals surface area contributed by atoms with Crippen LogP contribution in [0.3, 0.4) is 0 Å². The van der Waals surface area contributed by atoms with Gasteiger partial charge in [0, 0.05) is 23.7 Å². The summed E-state index contributed by atoms with van der Waals surface area (Å²) in [7, 11) is 0. The van der Waals surface area contributed by atoms with Crippen molar-refractivity contribution in [2.24, 2.45) is 0 Å². The lowest BCUT2D eigenvalue weighted by Crippen LogP contribution is -2.29. The van der Waals surface area contributed by atoms with Crippen molar-refractivity contribution in [1.82, 2.24) is 14.3 Å². The van der Waals surface area contributed by atoms with Crippen LogP contribution in [0.5, 0.6) is 0 Å². The maximum atomic E-state index is 5.14. The van der Waals surface area contributed by atoms with E-state index in [9.17, 15) is 0 Å². The van der Waals surface area contributed by atoms with Crippen LogP contribution in [0, 0.1) is 6.92 Å². The molecule has 0 N–H and O–H groups in total. The predicted octanol–water partition coefficient (Wildman–Crippen LogP) is 5.87. The molecule has 4 heteroatoms. The normalized spacial score (nSPS) is 15.0. The first-order valence-corrected chi connectivity index (χ1v) is 9.98. The smallest absolute Gasteiger partial charge is 0.145 e. The quantitative estimate of drug-likeness (QED) is 0.435. The molecule has 28 heavy (non-hydrogen) atoms. The summed E-state index contributed by atoms with van der Waals surface area (Å²) in [5.41, 5.74) is 5.99. The van der Waals surface area contributed by atoms with Crippen LogP contribution >= 0.6 is 12.4 Å². The Labute approximate surface area is 172 Å². The topological polar surface area (TPSA) is 20.5 Å². The second kappa shape index (κ2) is 7.94. The Bertz CT molecular complexity index is 1090. The monoisotopic (exact) mass is 391 g/mol. The maximum absolute atomic E-state index is 5.14. The standard InChI is InChI=1S/C24H25N3.ClH/c1-18-9-11-20(12-10-18)23-22(17-26-14-5-2-6-15-26)27-16-13-19-7-3-4-8-21(19)24(27)25-23;/h3-4,7-13,16H,2,5-6,14-15,17H2,1H3;1H. The number of halogens is 1. The fourth-order valence-electron chi connectivity index (χ4n) is 4.24. The molecule has 1 saturated heterocycles. The van der Waals surface area contributed by atoms with Crippen molar-refractivity contribution in [1.29, 1.82) is 0 Å². The summed E-state index contributed by atoms with van der Waals surface area (Å²) < 4.78 is 2.31. The van der Waals surface area contributed by atoms with Gasteiger partial charge in [-0.3, -0.25) is 4.90 Å². The molecule has 144 valence electrons. The summed E-state index contributed by atoms with van der Waals surface area (Å²) in [6, 6.07) is 19.5. The molecule has 5 rings (SSSR count). The van der Waals surface area contributed by atoms with E-state index in [1.54, 1.807) is 0 Å². The Hall–Kier alpha value is -2.36. The number of nitrogens with zero attached hydrogens (tertiary/aromatic N) is 3. The molecule has 0 radical (unpaired) electrons. The van der Waals surface area contributed by atoms with E-state index in [-0.39, 0.29) is 12.4 Å². The van der Waals surface area contributed by atoms with Crippen molar-refractivity contribution in [3.63, 3.8) is 0 Å². The van der Waals surface area contributed by atoms with E-state index in [2.05, 4.69) is 77.0 Å². The Morgan fingerprint density at radius 2 is 1.64 bits per heavy atom. The molecule has 0 saturated carbocycles. The molecule has 0 aliphatic carbocycles. The molecular weight excluding hydrogens is 366 g/mol. The van der Waals surface area contributed by atoms with Crippen molar-refractivity contribution < 1.29 is 0 Å².